The van der Waals surface area contributed by atoms with E-state index < -0.39 is 5.41 Å². The van der Waals surface area contributed by atoms with Crippen LogP contribution in [0.2, 0.25) is 0 Å². The number of aromatic nitrogens is 2. The van der Waals surface area contributed by atoms with Crippen LogP contribution < -0.4 is 15.5 Å². The monoisotopic (exact) mass is 375 g/mol. The highest BCUT2D eigenvalue weighted by Crippen LogP contribution is 2.20. The van der Waals surface area contributed by atoms with Gasteiger partial charge in [-0.05, 0) is 29.8 Å². The number of nitrogens with zero attached hydrogens (tertiary/aromatic N) is 3. The van der Waals surface area contributed by atoms with Crippen molar-refractivity contribution in [2.45, 2.75) is 27.2 Å². The highest BCUT2D eigenvalue weighted by Gasteiger charge is 2.22. The van der Waals surface area contributed by atoms with Gasteiger partial charge >= 0.3 is 0 Å². The molecule has 2 amide bonds. The van der Waals surface area contributed by atoms with Gasteiger partial charge in [0.1, 0.15) is 10.8 Å². The number of hydrazone groups is 1. The topological polar surface area (TPSA) is 106 Å². The molecule has 2 aromatic rings. The molecular formula is C17H21N5O3S. The first-order chi connectivity index (χ1) is 12.3. The van der Waals surface area contributed by atoms with Gasteiger partial charge in [0, 0.05) is 5.41 Å². The Morgan fingerprint density at radius 2 is 1.92 bits per heavy atom. The average molecular weight is 375 g/mol. The molecule has 2 N–H and O–H groups in total. The van der Waals surface area contributed by atoms with Gasteiger partial charge in [-0.15, -0.1) is 10.2 Å². The number of hydrogen-bond acceptors (Lipinski definition) is 7. The number of ether oxygens (including phenoxy) is 1. The maximum Gasteiger partial charge on any atom is 0.247 e. The van der Waals surface area contributed by atoms with Gasteiger partial charge in [0.05, 0.1) is 19.7 Å². The molecule has 0 spiro atoms. The third-order valence-corrected chi connectivity index (χ3v) is 4.04. The van der Waals surface area contributed by atoms with Crippen molar-refractivity contribution < 1.29 is 14.3 Å². The molecule has 0 saturated carbocycles. The molecule has 0 fully saturated rings. The first-order valence-electron chi connectivity index (χ1n) is 7.88. The summed E-state index contributed by atoms with van der Waals surface area (Å²) >= 11 is 1.16. The van der Waals surface area contributed by atoms with E-state index in [9.17, 15) is 9.59 Å². The number of nitrogens with one attached hydrogen (secondary N) is 2. The van der Waals surface area contributed by atoms with Gasteiger partial charge < -0.3 is 10.1 Å². The number of rotatable bonds is 6. The van der Waals surface area contributed by atoms with Gasteiger partial charge in [0.15, 0.2) is 0 Å². The Bertz CT molecular complexity index is 793. The van der Waals surface area contributed by atoms with Gasteiger partial charge in [0.25, 0.3) is 0 Å². The summed E-state index contributed by atoms with van der Waals surface area (Å²) in [6.07, 6.45) is 1.56. The fourth-order valence-electron chi connectivity index (χ4n) is 1.71. The van der Waals surface area contributed by atoms with Gasteiger partial charge in [0.2, 0.25) is 16.9 Å². The third-order valence-electron chi connectivity index (χ3n) is 3.20. The first kappa shape index (κ1) is 19.5. The maximum absolute atomic E-state index is 11.9. The molecule has 8 nitrogen and oxygen atoms in total. The van der Waals surface area contributed by atoms with Crippen LogP contribution in [-0.4, -0.2) is 35.3 Å². The molecule has 138 valence electrons. The number of methoxy groups -OCH3 is 1. The molecule has 0 saturated heterocycles. The molecule has 0 unspecified atom stereocenters. The van der Waals surface area contributed by atoms with Crippen molar-refractivity contribution in [2.75, 3.05) is 12.4 Å². The van der Waals surface area contributed by atoms with Crippen molar-refractivity contribution in [3.8, 4) is 5.75 Å². The summed E-state index contributed by atoms with van der Waals surface area (Å²) in [7, 11) is 1.59. The predicted molar refractivity (Wildman–Crippen MR) is 100 cm³/mol. The Balaban J connectivity index is 1.84. The number of benzene rings is 1. The average Bonchev–Trinajstić information content (AvgIpc) is 3.01. The van der Waals surface area contributed by atoms with Crippen LogP contribution in [0.1, 0.15) is 31.3 Å². The number of carbonyl (C=O) groups excluding carboxylic acids is 2. The fraction of sp³-hybridized carbons (Fsp3) is 0.353. The third kappa shape index (κ3) is 5.92. The van der Waals surface area contributed by atoms with E-state index in [-0.39, 0.29) is 18.2 Å². The van der Waals surface area contributed by atoms with Gasteiger partial charge in [-0.1, -0.05) is 32.1 Å². The molecule has 2 rings (SSSR count). The van der Waals surface area contributed by atoms with Crippen LogP contribution in [0.3, 0.4) is 0 Å². The lowest BCUT2D eigenvalue weighted by Crippen LogP contribution is -2.27. The van der Waals surface area contributed by atoms with Gasteiger partial charge in [-0.2, -0.15) is 5.10 Å². The van der Waals surface area contributed by atoms with Crippen LogP contribution >= 0.6 is 11.3 Å². The van der Waals surface area contributed by atoms with Crippen LogP contribution in [0.15, 0.2) is 29.4 Å². The summed E-state index contributed by atoms with van der Waals surface area (Å²) in [5, 5.41) is 15.2. The largest absolute Gasteiger partial charge is 0.497 e. The van der Waals surface area contributed by atoms with E-state index in [4.69, 9.17) is 4.74 Å². The molecule has 1 aromatic heterocycles. The number of hydrogen-bond donors (Lipinski definition) is 2. The second kappa shape index (κ2) is 8.52. The van der Waals surface area contributed by atoms with Gasteiger partial charge in [-0.3, -0.25) is 9.59 Å². The van der Waals surface area contributed by atoms with Crippen LogP contribution in [0, 0.1) is 5.41 Å². The molecule has 1 heterocycles. The van der Waals surface area contributed by atoms with Crippen molar-refractivity contribution in [1.29, 1.82) is 0 Å². The SMILES string of the molecule is COc1ccc(/C=N\NC(=O)Cc2nnc(NC(=O)C(C)(C)C)s2)cc1. The van der Waals surface area contributed by atoms with Crippen LogP contribution in [0.25, 0.3) is 0 Å². The quantitative estimate of drug-likeness (QED) is 0.595. The molecule has 0 bridgehead atoms. The molecule has 9 heteroatoms. The van der Waals surface area contributed by atoms with E-state index in [0.29, 0.717) is 10.1 Å². The lowest BCUT2D eigenvalue weighted by molar-refractivity contribution is -0.123. The second-order valence-corrected chi connectivity index (χ2v) is 7.51. The molecule has 0 aliphatic rings. The molecule has 1 aromatic carbocycles. The smallest absolute Gasteiger partial charge is 0.247 e. The minimum absolute atomic E-state index is 0.0308. The lowest BCUT2D eigenvalue weighted by atomic mass is 9.96. The molecule has 0 radical (unpaired) electrons. The van der Waals surface area contributed by atoms with E-state index in [2.05, 4.69) is 26.0 Å². The van der Waals surface area contributed by atoms with Crippen LogP contribution in [-0.2, 0) is 16.0 Å². The fourth-order valence-corrected chi connectivity index (χ4v) is 2.44. The lowest BCUT2D eigenvalue weighted by Gasteiger charge is -2.15. The summed E-state index contributed by atoms with van der Waals surface area (Å²) < 4.78 is 5.07. The zero-order chi connectivity index (χ0) is 19.2. The standard InChI is InChI=1S/C17H21N5O3S/c1-17(2,3)15(24)19-16-22-21-14(26-16)9-13(23)20-18-10-11-5-7-12(25-4)8-6-11/h5-8,10H,9H2,1-4H3,(H,20,23)(H,19,22,24)/b18-10-. The van der Waals surface area contributed by atoms with Crippen LogP contribution in [0.5, 0.6) is 5.75 Å². The maximum atomic E-state index is 11.9. The molecule has 26 heavy (non-hydrogen) atoms. The van der Waals surface area contributed by atoms with E-state index >= 15 is 0 Å². The summed E-state index contributed by atoms with van der Waals surface area (Å²) in [4.78, 5) is 23.8. The van der Waals surface area contributed by atoms with E-state index in [1.807, 2.05) is 12.1 Å². The second-order valence-electron chi connectivity index (χ2n) is 6.45. The molecule has 0 atom stereocenters. The number of amides is 2. The Morgan fingerprint density at radius 3 is 2.54 bits per heavy atom. The zero-order valence-corrected chi connectivity index (χ0v) is 15.9. The Hall–Kier alpha value is -2.81. The number of anilines is 1. The Morgan fingerprint density at radius 1 is 1.23 bits per heavy atom. The summed E-state index contributed by atoms with van der Waals surface area (Å²) in [6, 6.07) is 7.25. The van der Waals surface area contributed by atoms with Crippen molar-refractivity contribution in [2.24, 2.45) is 10.5 Å². The van der Waals surface area contributed by atoms with E-state index in [1.165, 1.54) is 6.21 Å². The highest BCUT2D eigenvalue weighted by molar-refractivity contribution is 7.15. The normalized spacial score (nSPS) is 11.4. The summed E-state index contributed by atoms with van der Waals surface area (Å²) in [5.74, 6) is 0.269. The predicted octanol–water partition coefficient (Wildman–Crippen LogP) is 2.22. The summed E-state index contributed by atoms with van der Waals surface area (Å²) in [6.45, 7) is 5.41. The molecular weight excluding hydrogens is 354 g/mol. The van der Waals surface area contributed by atoms with Crippen molar-refractivity contribution in [3.05, 3.63) is 34.8 Å². The van der Waals surface area contributed by atoms with E-state index in [1.54, 1.807) is 40.0 Å². The zero-order valence-electron chi connectivity index (χ0n) is 15.1. The van der Waals surface area contributed by atoms with Crippen LogP contribution in [0.4, 0.5) is 5.13 Å². The number of carbonyl (C=O) groups is 2. The highest BCUT2D eigenvalue weighted by atomic mass is 32.1. The Kier molecular flexibility index (Phi) is 6.40. The molecule has 0 aliphatic carbocycles. The van der Waals surface area contributed by atoms with Crippen molar-refractivity contribution in [3.63, 3.8) is 0 Å². The van der Waals surface area contributed by atoms with Gasteiger partial charge in [-0.25, -0.2) is 5.43 Å². The Labute approximate surface area is 155 Å². The minimum Gasteiger partial charge on any atom is -0.497 e. The minimum atomic E-state index is -0.528. The molecule has 0 aliphatic heterocycles. The summed E-state index contributed by atoms with van der Waals surface area (Å²) in [5.41, 5.74) is 2.73. The van der Waals surface area contributed by atoms with Crippen molar-refractivity contribution >= 4 is 34.5 Å². The van der Waals surface area contributed by atoms with E-state index in [0.717, 1.165) is 22.6 Å². The first-order valence-corrected chi connectivity index (χ1v) is 8.69. The van der Waals surface area contributed by atoms with Crippen molar-refractivity contribution in [1.82, 2.24) is 15.6 Å².